The van der Waals surface area contributed by atoms with Crippen LogP contribution in [0.2, 0.25) is 0 Å². The molecule has 2 rings (SSSR count). The zero-order chi connectivity index (χ0) is 17.5. The molecule has 0 saturated carbocycles. The third-order valence-corrected chi connectivity index (χ3v) is 4.63. The van der Waals surface area contributed by atoms with E-state index in [1.165, 1.54) is 12.1 Å². The van der Waals surface area contributed by atoms with Gasteiger partial charge in [-0.2, -0.15) is 0 Å². The van der Waals surface area contributed by atoms with Crippen LogP contribution < -0.4 is 5.32 Å². The van der Waals surface area contributed by atoms with Crippen LogP contribution in [0.3, 0.4) is 0 Å². The lowest BCUT2D eigenvalue weighted by molar-refractivity contribution is 0.178. The minimum atomic E-state index is -0.278. The number of rotatable bonds is 6. The molecule has 2 aromatic rings. The van der Waals surface area contributed by atoms with Crippen LogP contribution in [0.4, 0.5) is 9.18 Å². The van der Waals surface area contributed by atoms with Gasteiger partial charge in [-0.15, -0.1) is 0 Å². The summed E-state index contributed by atoms with van der Waals surface area (Å²) in [7, 11) is 0. The van der Waals surface area contributed by atoms with Crippen molar-refractivity contribution >= 4 is 22.0 Å². The highest BCUT2D eigenvalue weighted by atomic mass is 79.9. The number of hydrogen-bond acceptors (Lipinski definition) is 1. The van der Waals surface area contributed by atoms with Crippen molar-refractivity contribution in [3.05, 3.63) is 69.9 Å². The minimum Gasteiger partial charge on any atom is -0.334 e. The van der Waals surface area contributed by atoms with Gasteiger partial charge in [0.25, 0.3) is 0 Å². The van der Waals surface area contributed by atoms with E-state index in [9.17, 15) is 9.18 Å². The number of benzene rings is 2. The number of halogens is 2. The highest BCUT2D eigenvalue weighted by molar-refractivity contribution is 9.10. The fourth-order valence-corrected chi connectivity index (χ4v) is 3.19. The number of nitrogens with zero attached hydrogens (tertiary/aromatic N) is 1. The molecule has 0 saturated heterocycles. The fraction of sp³-hybridized carbons (Fsp3) is 0.316. The molecule has 0 radical (unpaired) electrons. The second kappa shape index (κ2) is 8.83. The lowest BCUT2D eigenvalue weighted by Gasteiger charge is -2.30. The Bertz CT molecular complexity index is 675. The molecule has 2 amide bonds. The predicted molar refractivity (Wildman–Crippen MR) is 98.2 cm³/mol. The van der Waals surface area contributed by atoms with Gasteiger partial charge in [0.2, 0.25) is 0 Å². The Kier molecular flexibility index (Phi) is 6.79. The maximum Gasteiger partial charge on any atom is 0.318 e. The van der Waals surface area contributed by atoms with Gasteiger partial charge in [-0.3, -0.25) is 0 Å². The fourth-order valence-electron chi connectivity index (χ4n) is 2.58. The van der Waals surface area contributed by atoms with Crippen LogP contribution >= 0.6 is 15.9 Å². The minimum absolute atomic E-state index is 0.0475. The average Bonchev–Trinajstić information content (AvgIpc) is 2.59. The van der Waals surface area contributed by atoms with Crippen molar-refractivity contribution < 1.29 is 9.18 Å². The smallest absolute Gasteiger partial charge is 0.318 e. The van der Waals surface area contributed by atoms with Gasteiger partial charge in [-0.25, -0.2) is 9.18 Å². The highest BCUT2D eigenvalue weighted by Crippen LogP contribution is 2.27. The summed E-state index contributed by atoms with van der Waals surface area (Å²) in [6.07, 6.45) is 0.874. The van der Waals surface area contributed by atoms with Gasteiger partial charge in [-0.1, -0.05) is 53.2 Å². The Morgan fingerprint density at radius 2 is 1.88 bits per heavy atom. The maximum absolute atomic E-state index is 12.9. The van der Waals surface area contributed by atoms with E-state index in [1.54, 1.807) is 12.1 Å². The first-order chi connectivity index (χ1) is 11.5. The van der Waals surface area contributed by atoms with Crippen LogP contribution in [0.5, 0.6) is 0 Å². The molecule has 0 heterocycles. The summed E-state index contributed by atoms with van der Waals surface area (Å²) >= 11 is 3.55. The highest BCUT2D eigenvalue weighted by Gasteiger charge is 2.21. The molecular weight excluding hydrogens is 371 g/mol. The molecule has 5 heteroatoms. The van der Waals surface area contributed by atoms with Crippen LogP contribution in [-0.2, 0) is 6.54 Å². The third-order valence-electron chi connectivity index (χ3n) is 3.91. The molecule has 0 spiro atoms. The lowest BCUT2D eigenvalue weighted by Crippen LogP contribution is -2.41. The molecule has 0 aliphatic carbocycles. The number of hydrogen-bond donors (Lipinski definition) is 1. The lowest BCUT2D eigenvalue weighted by atomic mass is 10.1. The Hall–Kier alpha value is -1.88. The molecule has 0 aliphatic rings. The quantitative estimate of drug-likeness (QED) is 0.713. The van der Waals surface area contributed by atoms with E-state index in [-0.39, 0.29) is 17.9 Å². The van der Waals surface area contributed by atoms with Gasteiger partial charge in [0.1, 0.15) is 5.82 Å². The van der Waals surface area contributed by atoms with Gasteiger partial charge >= 0.3 is 6.03 Å². The summed E-state index contributed by atoms with van der Waals surface area (Å²) in [5.41, 5.74) is 1.94. The molecule has 128 valence electrons. The van der Waals surface area contributed by atoms with E-state index < -0.39 is 0 Å². The van der Waals surface area contributed by atoms with Crippen molar-refractivity contribution in [2.24, 2.45) is 0 Å². The molecule has 0 fully saturated rings. The van der Waals surface area contributed by atoms with E-state index >= 15 is 0 Å². The normalized spacial score (nSPS) is 11.8. The average molecular weight is 393 g/mol. The first-order valence-electron chi connectivity index (χ1n) is 8.06. The van der Waals surface area contributed by atoms with E-state index in [0.717, 1.165) is 22.0 Å². The molecule has 0 unspecified atom stereocenters. The molecule has 3 nitrogen and oxygen atoms in total. The summed E-state index contributed by atoms with van der Waals surface area (Å²) in [5, 5.41) is 2.92. The van der Waals surface area contributed by atoms with E-state index in [2.05, 4.69) is 21.2 Å². The summed E-state index contributed by atoms with van der Waals surface area (Å²) in [6.45, 7) is 5.11. The summed E-state index contributed by atoms with van der Waals surface area (Å²) in [6, 6.07) is 13.9. The molecular formula is C19H22BrFN2O. The standard InChI is InChI=1S/C19H22BrFN2O/c1-3-12-23(14(2)17-6-4-5-7-18(17)20)19(24)22-13-15-8-10-16(21)11-9-15/h4-11,14H,3,12-13H2,1-2H3,(H,22,24)/t14-/m0/s1. The topological polar surface area (TPSA) is 32.3 Å². The second-order valence-corrected chi connectivity index (χ2v) is 6.53. The SMILES string of the molecule is CCCN(C(=O)NCc1ccc(F)cc1)[C@@H](C)c1ccccc1Br. The molecule has 2 aromatic carbocycles. The first kappa shape index (κ1) is 18.5. The molecule has 1 N–H and O–H groups in total. The van der Waals surface area contributed by atoms with E-state index in [1.807, 2.05) is 43.0 Å². The van der Waals surface area contributed by atoms with Gasteiger partial charge in [-0.05, 0) is 42.7 Å². The van der Waals surface area contributed by atoms with Gasteiger partial charge in [0.05, 0.1) is 6.04 Å². The zero-order valence-electron chi connectivity index (χ0n) is 13.9. The monoisotopic (exact) mass is 392 g/mol. The number of carbonyl (C=O) groups is 1. The van der Waals surface area contributed by atoms with Crippen molar-refractivity contribution in [2.75, 3.05) is 6.54 Å². The molecule has 1 atom stereocenters. The van der Waals surface area contributed by atoms with Gasteiger partial charge in [0, 0.05) is 17.6 Å². The van der Waals surface area contributed by atoms with Crippen molar-refractivity contribution in [3.63, 3.8) is 0 Å². The van der Waals surface area contributed by atoms with Crippen LogP contribution in [0.25, 0.3) is 0 Å². The van der Waals surface area contributed by atoms with Crippen molar-refractivity contribution in [3.8, 4) is 0 Å². The number of urea groups is 1. The summed E-state index contributed by atoms with van der Waals surface area (Å²) in [4.78, 5) is 14.4. The van der Waals surface area contributed by atoms with E-state index in [0.29, 0.717) is 13.1 Å². The van der Waals surface area contributed by atoms with Crippen LogP contribution in [-0.4, -0.2) is 17.5 Å². The van der Waals surface area contributed by atoms with Crippen molar-refractivity contribution in [1.82, 2.24) is 10.2 Å². The van der Waals surface area contributed by atoms with Crippen molar-refractivity contribution in [1.29, 1.82) is 0 Å². The summed E-state index contributed by atoms with van der Waals surface area (Å²) < 4.78 is 13.9. The van der Waals surface area contributed by atoms with Gasteiger partial charge in [0.15, 0.2) is 0 Å². The van der Waals surface area contributed by atoms with Crippen molar-refractivity contribution in [2.45, 2.75) is 32.9 Å². The second-order valence-electron chi connectivity index (χ2n) is 5.68. The number of carbonyl (C=O) groups excluding carboxylic acids is 1. The molecule has 0 aliphatic heterocycles. The van der Waals surface area contributed by atoms with Gasteiger partial charge < -0.3 is 10.2 Å². The largest absolute Gasteiger partial charge is 0.334 e. The van der Waals surface area contributed by atoms with Crippen LogP contribution in [0.1, 0.15) is 37.4 Å². The first-order valence-corrected chi connectivity index (χ1v) is 8.85. The third kappa shape index (κ3) is 4.81. The molecule has 0 aromatic heterocycles. The Morgan fingerprint density at radius 1 is 1.21 bits per heavy atom. The molecule has 0 bridgehead atoms. The summed E-state index contributed by atoms with van der Waals surface area (Å²) in [5.74, 6) is -0.278. The van der Waals surface area contributed by atoms with Crippen LogP contribution in [0.15, 0.2) is 53.0 Å². The molecule has 24 heavy (non-hydrogen) atoms. The van der Waals surface area contributed by atoms with Crippen LogP contribution in [0, 0.1) is 5.82 Å². The predicted octanol–water partition coefficient (Wildman–Crippen LogP) is 5.27. The maximum atomic E-state index is 12.9. The number of amides is 2. The zero-order valence-corrected chi connectivity index (χ0v) is 15.5. The number of nitrogens with one attached hydrogen (secondary N) is 1. The Labute approximate surface area is 151 Å². The Morgan fingerprint density at radius 3 is 2.50 bits per heavy atom. The Balaban J connectivity index is 2.07. The van der Waals surface area contributed by atoms with E-state index in [4.69, 9.17) is 0 Å².